The van der Waals surface area contributed by atoms with E-state index in [1.165, 1.54) is 4.31 Å². The van der Waals surface area contributed by atoms with Gasteiger partial charge < -0.3 is 10.6 Å². The number of hydrogen-bond acceptors (Lipinski definition) is 3. The molecule has 0 aromatic heterocycles. The van der Waals surface area contributed by atoms with Crippen molar-refractivity contribution in [2.45, 2.75) is 33.1 Å². The lowest BCUT2D eigenvalue weighted by Gasteiger charge is -2.16. The van der Waals surface area contributed by atoms with Crippen LogP contribution < -0.4 is 10.6 Å². The molecule has 19 heavy (non-hydrogen) atoms. The number of sulfonamides is 1. The minimum Gasteiger partial charge on any atom is -0.356 e. The highest BCUT2D eigenvalue weighted by molar-refractivity contribution is 7.89. The van der Waals surface area contributed by atoms with Crippen LogP contribution in [0.3, 0.4) is 0 Å². The summed E-state index contributed by atoms with van der Waals surface area (Å²) in [5.74, 6) is 0.923. The molecule has 0 fully saturated rings. The first-order valence-electron chi connectivity index (χ1n) is 6.86. The molecule has 0 bridgehead atoms. The largest absolute Gasteiger partial charge is 0.356 e. The van der Waals surface area contributed by atoms with Crippen LogP contribution in [0.4, 0.5) is 0 Å². The van der Waals surface area contributed by atoms with E-state index in [1.54, 1.807) is 21.0 Å². The van der Waals surface area contributed by atoms with Gasteiger partial charge in [-0.15, -0.1) is 0 Å². The van der Waals surface area contributed by atoms with Crippen LogP contribution in [0, 0.1) is 0 Å². The Morgan fingerprint density at radius 3 is 2.21 bits per heavy atom. The minimum absolute atomic E-state index is 0.150. The molecule has 0 saturated carbocycles. The quantitative estimate of drug-likeness (QED) is 0.371. The van der Waals surface area contributed by atoms with Crippen LogP contribution in [-0.2, 0) is 10.0 Å². The summed E-state index contributed by atoms with van der Waals surface area (Å²) < 4.78 is 24.5. The topological polar surface area (TPSA) is 73.8 Å². The Morgan fingerprint density at radius 2 is 1.74 bits per heavy atom. The molecule has 0 atom stereocenters. The van der Waals surface area contributed by atoms with Crippen molar-refractivity contribution in [1.82, 2.24) is 14.9 Å². The Kier molecular flexibility index (Phi) is 9.59. The summed E-state index contributed by atoms with van der Waals surface area (Å²) in [6, 6.07) is 0. The van der Waals surface area contributed by atoms with Gasteiger partial charge in [0, 0.05) is 33.7 Å². The van der Waals surface area contributed by atoms with Crippen molar-refractivity contribution in [2.75, 3.05) is 39.5 Å². The Balaban J connectivity index is 3.84. The van der Waals surface area contributed by atoms with Crippen molar-refractivity contribution in [3.8, 4) is 0 Å². The molecule has 0 unspecified atom stereocenters. The highest BCUT2D eigenvalue weighted by Gasteiger charge is 2.13. The molecule has 6 nitrogen and oxygen atoms in total. The van der Waals surface area contributed by atoms with Gasteiger partial charge in [0.25, 0.3) is 0 Å². The highest BCUT2D eigenvalue weighted by atomic mass is 32.2. The van der Waals surface area contributed by atoms with E-state index >= 15 is 0 Å². The van der Waals surface area contributed by atoms with Gasteiger partial charge in [-0.25, -0.2) is 12.7 Å². The third-order valence-electron chi connectivity index (χ3n) is 2.83. The first-order chi connectivity index (χ1) is 8.97. The van der Waals surface area contributed by atoms with E-state index in [1.807, 2.05) is 0 Å². The van der Waals surface area contributed by atoms with Crippen LogP contribution in [0.15, 0.2) is 4.99 Å². The maximum atomic E-state index is 11.5. The van der Waals surface area contributed by atoms with Gasteiger partial charge in [0.1, 0.15) is 0 Å². The molecule has 0 radical (unpaired) electrons. The summed E-state index contributed by atoms with van der Waals surface area (Å²) in [5.41, 5.74) is 0. The zero-order valence-corrected chi connectivity index (χ0v) is 13.4. The average Bonchev–Trinajstić information content (AvgIpc) is 2.41. The summed E-state index contributed by atoms with van der Waals surface area (Å²) in [7, 11) is 0.287. The predicted molar refractivity (Wildman–Crippen MR) is 81.0 cm³/mol. The zero-order valence-electron chi connectivity index (χ0n) is 12.6. The number of hydrogen-bond donors (Lipinski definition) is 2. The monoisotopic (exact) mass is 292 g/mol. The zero-order chi connectivity index (χ0) is 14.7. The second-order valence-electron chi connectivity index (χ2n) is 4.35. The molecule has 0 aromatic rings. The molecular formula is C12H28N4O2S. The molecule has 0 saturated heterocycles. The number of unbranched alkanes of at least 4 members (excludes halogenated alkanes) is 1. The van der Waals surface area contributed by atoms with Crippen molar-refractivity contribution >= 4 is 16.0 Å². The van der Waals surface area contributed by atoms with Crippen molar-refractivity contribution in [3.05, 3.63) is 0 Å². The molecule has 0 heterocycles. The number of rotatable bonds is 9. The minimum atomic E-state index is -3.06. The molecule has 7 heteroatoms. The normalized spacial score (nSPS) is 12.8. The Hall–Kier alpha value is -0.820. The molecular weight excluding hydrogens is 264 g/mol. The maximum Gasteiger partial charge on any atom is 0.213 e. The van der Waals surface area contributed by atoms with Crippen molar-refractivity contribution in [3.63, 3.8) is 0 Å². The molecule has 0 aliphatic heterocycles. The molecule has 0 amide bonds. The van der Waals surface area contributed by atoms with Gasteiger partial charge in [-0.1, -0.05) is 13.3 Å². The SMILES string of the molecule is CCCCNC(=NC)NCCCN(C)S(=O)(=O)CC. The Labute approximate surface area is 117 Å². The lowest BCUT2D eigenvalue weighted by molar-refractivity contribution is 0.461. The summed E-state index contributed by atoms with van der Waals surface area (Å²) in [6.07, 6.45) is 3.01. The number of guanidine groups is 1. The lowest BCUT2D eigenvalue weighted by atomic mass is 10.3. The molecule has 0 aromatic carbocycles. The van der Waals surface area contributed by atoms with Crippen LogP contribution in [-0.4, -0.2) is 58.2 Å². The number of nitrogens with zero attached hydrogens (tertiary/aromatic N) is 2. The van der Waals surface area contributed by atoms with Gasteiger partial charge in [-0.3, -0.25) is 4.99 Å². The molecule has 0 rings (SSSR count). The number of aliphatic imine (C=N–C) groups is 1. The molecule has 114 valence electrons. The van der Waals surface area contributed by atoms with Gasteiger partial charge in [0.15, 0.2) is 5.96 Å². The van der Waals surface area contributed by atoms with Gasteiger partial charge in [0.05, 0.1) is 5.75 Å². The smallest absolute Gasteiger partial charge is 0.213 e. The van der Waals surface area contributed by atoms with E-state index < -0.39 is 10.0 Å². The van der Waals surface area contributed by atoms with Gasteiger partial charge in [0.2, 0.25) is 10.0 Å². The van der Waals surface area contributed by atoms with Crippen molar-refractivity contribution < 1.29 is 8.42 Å². The summed E-state index contributed by atoms with van der Waals surface area (Å²) >= 11 is 0. The fraction of sp³-hybridized carbons (Fsp3) is 0.917. The lowest BCUT2D eigenvalue weighted by Crippen LogP contribution is -2.39. The summed E-state index contributed by atoms with van der Waals surface area (Å²) in [5, 5.41) is 6.38. The molecule has 2 N–H and O–H groups in total. The maximum absolute atomic E-state index is 11.5. The molecule has 0 aliphatic rings. The van der Waals surface area contributed by atoms with Crippen molar-refractivity contribution in [1.29, 1.82) is 0 Å². The predicted octanol–water partition coefficient (Wildman–Crippen LogP) is 0.623. The average molecular weight is 292 g/mol. The van der Waals surface area contributed by atoms with E-state index in [0.29, 0.717) is 13.1 Å². The van der Waals surface area contributed by atoms with E-state index in [9.17, 15) is 8.42 Å². The fourth-order valence-corrected chi connectivity index (χ4v) is 2.32. The second-order valence-corrected chi connectivity index (χ2v) is 6.72. The van der Waals surface area contributed by atoms with E-state index in [4.69, 9.17) is 0 Å². The van der Waals surface area contributed by atoms with E-state index in [2.05, 4.69) is 22.5 Å². The molecule has 0 aliphatic carbocycles. The fourth-order valence-electron chi connectivity index (χ4n) is 1.47. The van der Waals surface area contributed by atoms with E-state index in [0.717, 1.165) is 31.8 Å². The van der Waals surface area contributed by atoms with Crippen molar-refractivity contribution in [2.24, 2.45) is 4.99 Å². The first-order valence-corrected chi connectivity index (χ1v) is 8.47. The Morgan fingerprint density at radius 1 is 1.16 bits per heavy atom. The summed E-state index contributed by atoms with van der Waals surface area (Å²) in [6.45, 7) is 5.93. The van der Waals surface area contributed by atoms with Gasteiger partial charge in [-0.2, -0.15) is 0 Å². The van der Waals surface area contributed by atoms with Crippen LogP contribution >= 0.6 is 0 Å². The highest BCUT2D eigenvalue weighted by Crippen LogP contribution is 1.98. The van der Waals surface area contributed by atoms with Crippen LogP contribution in [0.1, 0.15) is 33.1 Å². The summed E-state index contributed by atoms with van der Waals surface area (Å²) in [4.78, 5) is 4.10. The number of nitrogens with one attached hydrogen (secondary N) is 2. The second kappa shape index (κ2) is 10.0. The van der Waals surface area contributed by atoms with Gasteiger partial charge >= 0.3 is 0 Å². The third kappa shape index (κ3) is 8.05. The van der Waals surface area contributed by atoms with Crippen LogP contribution in [0.25, 0.3) is 0 Å². The molecule has 0 spiro atoms. The van der Waals surface area contributed by atoms with Gasteiger partial charge in [-0.05, 0) is 19.8 Å². The standard InChI is InChI=1S/C12H28N4O2S/c1-5-7-9-14-12(13-3)15-10-8-11-16(4)19(17,18)6-2/h5-11H2,1-4H3,(H2,13,14,15). The third-order valence-corrected chi connectivity index (χ3v) is 4.69. The van der Waals surface area contributed by atoms with E-state index in [-0.39, 0.29) is 5.75 Å². The van der Waals surface area contributed by atoms with Crippen LogP contribution in [0.5, 0.6) is 0 Å². The van der Waals surface area contributed by atoms with Crippen LogP contribution in [0.2, 0.25) is 0 Å². The first kappa shape index (κ1) is 18.2. The Bertz CT molecular complexity index is 355.